The molecule has 0 saturated heterocycles. The topological polar surface area (TPSA) is 238 Å². The molecule has 2 atom stereocenters. The van der Waals surface area contributed by atoms with E-state index in [9.17, 15) is 9.59 Å². The van der Waals surface area contributed by atoms with E-state index in [1.165, 1.54) is 23.8 Å². The van der Waals surface area contributed by atoms with Gasteiger partial charge in [0.2, 0.25) is 0 Å². The fourth-order valence-electron chi connectivity index (χ4n) is 5.45. The second kappa shape index (κ2) is 20.5. The summed E-state index contributed by atoms with van der Waals surface area (Å²) >= 11 is 0. The van der Waals surface area contributed by atoms with Gasteiger partial charge in [0, 0.05) is 30.2 Å². The number of unbranched alkanes of at least 4 members (excludes halogenated alkanes) is 2. The summed E-state index contributed by atoms with van der Waals surface area (Å²) in [6, 6.07) is 18.7. The monoisotopic (exact) mass is 771 g/mol. The van der Waals surface area contributed by atoms with Gasteiger partial charge < -0.3 is 41.4 Å². The van der Waals surface area contributed by atoms with Crippen LogP contribution in [0, 0.1) is 0 Å². The minimum absolute atomic E-state index is 0. The molecule has 16 nitrogen and oxygen atoms in total. The number of nitrogens with two attached hydrogens (primary N) is 2. The van der Waals surface area contributed by atoms with Crippen LogP contribution in [0.5, 0.6) is 0 Å². The number of fused-ring (bicyclic) bond motifs is 2. The summed E-state index contributed by atoms with van der Waals surface area (Å²) in [6.07, 6.45) is 10.6. The van der Waals surface area contributed by atoms with Crippen LogP contribution in [0.4, 0.5) is 11.6 Å². The number of carbonyl (C=O) groups is 2. The van der Waals surface area contributed by atoms with Crippen LogP contribution < -0.4 is 22.1 Å². The number of nitrogens with one attached hydrogen (secondary N) is 2. The smallest absolute Gasteiger partial charge is 0.320 e. The van der Waals surface area contributed by atoms with E-state index in [0.717, 1.165) is 48.0 Å². The minimum atomic E-state index is -0.959. The zero-order valence-corrected chi connectivity index (χ0v) is 30.0. The number of hydrogen-bond acceptors (Lipinski definition) is 12. The van der Waals surface area contributed by atoms with Crippen LogP contribution in [0.1, 0.15) is 49.7 Å². The van der Waals surface area contributed by atoms with Gasteiger partial charge >= 0.3 is 11.9 Å². The normalized spacial score (nSPS) is 12.0. The summed E-state index contributed by atoms with van der Waals surface area (Å²) in [4.78, 5) is 47.5. The minimum Gasteiger partial charge on any atom is -0.480 e. The molecule has 4 heterocycles. The molecule has 0 aliphatic rings. The summed E-state index contributed by atoms with van der Waals surface area (Å²) < 4.78 is 3.98. The summed E-state index contributed by atoms with van der Waals surface area (Å²) in [6.45, 7) is 2.73. The summed E-state index contributed by atoms with van der Waals surface area (Å²) in [5.74, 6) is -0.549. The third kappa shape index (κ3) is 11.8. The Morgan fingerprint density at radius 1 is 0.604 bits per heavy atom. The van der Waals surface area contributed by atoms with Crippen LogP contribution >= 0.6 is 0 Å². The number of anilines is 2. The number of hydrogen-bond donors (Lipinski definition) is 6. The number of benzene rings is 2. The number of carboxylic acid groups (broad SMARTS) is 2. The molecule has 283 valence electrons. The van der Waals surface area contributed by atoms with Crippen molar-refractivity contribution in [1.82, 2.24) is 39.0 Å². The molecule has 4 aromatic heterocycles. The molecule has 0 unspecified atom stereocenters. The Kier molecular flexibility index (Phi) is 15.6. The van der Waals surface area contributed by atoms with E-state index in [-0.39, 0.29) is 17.1 Å². The fraction of sp³-hybridized carbons (Fsp3) is 0.333. The first-order chi connectivity index (χ1) is 25.3. The van der Waals surface area contributed by atoms with E-state index in [2.05, 4.69) is 64.8 Å². The quantitative estimate of drug-likeness (QED) is 0.0540. The predicted octanol–water partition coefficient (Wildman–Crippen LogP) is 3.73. The number of aliphatic carboxylic acids is 2. The molecule has 6 aromatic rings. The summed E-state index contributed by atoms with van der Waals surface area (Å²) in [7, 11) is 0. The molecule has 0 fully saturated rings. The van der Waals surface area contributed by atoms with Crippen molar-refractivity contribution >= 4 is 45.9 Å². The molecule has 6 rings (SSSR count). The molecule has 0 saturated carbocycles. The van der Waals surface area contributed by atoms with Gasteiger partial charge in [0.1, 0.15) is 35.8 Å². The van der Waals surface area contributed by atoms with Crippen LogP contribution in [0.3, 0.4) is 0 Å². The second-order valence-electron chi connectivity index (χ2n) is 12.2. The van der Waals surface area contributed by atoms with Gasteiger partial charge in [-0.15, -0.1) is 0 Å². The van der Waals surface area contributed by atoms with Gasteiger partial charge in [-0.2, -0.15) is 0 Å². The van der Waals surface area contributed by atoms with Crippen LogP contribution in [0.15, 0.2) is 86.0 Å². The van der Waals surface area contributed by atoms with Crippen LogP contribution in [-0.2, 0) is 39.7 Å². The van der Waals surface area contributed by atoms with Crippen molar-refractivity contribution in [2.75, 3.05) is 23.7 Å². The van der Waals surface area contributed by atoms with E-state index in [0.29, 0.717) is 50.7 Å². The Balaban J connectivity index is 0.000000232. The largest absolute Gasteiger partial charge is 0.480 e. The van der Waals surface area contributed by atoms with Crippen molar-refractivity contribution in [2.45, 2.75) is 63.7 Å². The summed E-state index contributed by atoms with van der Waals surface area (Å²) in [5, 5.41) is 24.1. The standard InChI is InChI=1S/2C18H22N6O2.Cu/c2*19-14(18(25)26)8-4-5-9-20-16-15-17(22-11-21-16)24(12-23-15)10-13-6-2-1-3-7-13;/h2*1-3,6-7,11-12,14H,4-5,8-10,19H2,(H,25,26)(H,20,21,22);/t2*14-;/m00./s1. The Hall–Kier alpha value is -5.48. The van der Waals surface area contributed by atoms with Gasteiger partial charge in [-0.1, -0.05) is 60.7 Å². The third-order valence-electron chi connectivity index (χ3n) is 8.30. The Morgan fingerprint density at radius 3 is 1.38 bits per heavy atom. The third-order valence-corrected chi connectivity index (χ3v) is 8.30. The van der Waals surface area contributed by atoms with Crippen molar-refractivity contribution < 1.29 is 36.9 Å². The molecule has 8 N–H and O–H groups in total. The molecule has 0 amide bonds. The van der Waals surface area contributed by atoms with E-state index < -0.39 is 24.0 Å². The fourth-order valence-corrected chi connectivity index (χ4v) is 5.45. The van der Waals surface area contributed by atoms with Gasteiger partial charge in [0.25, 0.3) is 0 Å². The maximum Gasteiger partial charge on any atom is 0.320 e. The zero-order valence-electron chi connectivity index (χ0n) is 29.1. The van der Waals surface area contributed by atoms with E-state index in [1.54, 1.807) is 12.7 Å². The molecule has 0 aliphatic heterocycles. The number of rotatable bonds is 18. The first kappa shape index (κ1) is 40.3. The Labute approximate surface area is 317 Å². The molecule has 2 aromatic carbocycles. The zero-order chi connectivity index (χ0) is 36.7. The van der Waals surface area contributed by atoms with Crippen LogP contribution in [0.2, 0.25) is 0 Å². The first-order valence-electron chi connectivity index (χ1n) is 17.1. The van der Waals surface area contributed by atoms with Gasteiger partial charge in [-0.25, -0.2) is 29.9 Å². The number of imidazole rings is 2. The molecule has 0 bridgehead atoms. The van der Waals surface area contributed by atoms with Crippen molar-refractivity contribution in [3.05, 3.63) is 97.1 Å². The van der Waals surface area contributed by atoms with Crippen LogP contribution in [0.25, 0.3) is 22.3 Å². The molecule has 1 radical (unpaired) electrons. The van der Waals surface area contributed by atoms with E-state index >= 15 is 0 Å². The molecule has 0 spiro atoms. The van der Waals surface area contributed by atoms with Crippen LogP contribution in [-0.4, -0.2) is 86.4 Å². The molecule has 0 aliphatic carbocycles. The maximum absolute atomic E-state index is 10.7. The average Bonchev–Trinajstić information content (AvgIpc) is 3.77. The maximum atomic E-state index is 10.7. The van der Waals surface area contributed by atoms with Crippen molar-refractivity contribution in [1.29, 1.82) is 0 Å². The van der Waals surface area contributed by atoms with E-state index in [1.807, 2.05) is 45.5 Å². The predicted molar refractivity (Wildman–Crippen MR) is 198 cm³/mol. The van der Waals surface area contributed by atoms with E-state index in [4.69, 9.17) is 21.7 Å². The van der Waals surface area contributed by atoms with Gasteiger partial charge in [-0.05, 0) is 49.7 Å². The second-order valence-corrected chi connectivity index (χ2v) is 12.2. The van der Waals surface area contributed by atoms with Crippen molar-refractivity contribution in [3.63, 3.8) is 0 Å². The molecule has 17 heteroatoms. The molecular weight excluding hydrogens is 728 g/mol. The summed E-state index contributed by atoms with van der Waals surface area (Å²) in [5.41, 5.74) is 16.4. The number of carboxylic acids is 2. The number of aromatic nitrogens is 8. The molecule has 53 heavy (non-hydrogen) atoms. The number of nitrogens with zero attached hydrogens (tertiary/aromatic N) is 8. The van der Waals surface area contributed by atoms with Gasteiger partial charge in [0.15, 0.2) is 22.9 Å². The van der Waals surface area contributed by atoms with Crippen molar-refractivity contribution in [3.8, 4) is 0 Å². The SMILES string of the molecule is N[C@@H](CCCCNc1ncnc2c1ncn2Cc1ccccc1)C(=O)O.N[C@@H](CCCCNc1ncnc2c1ncn2Cc1ccccc1)C(=O)O.[Cu]. The average molecular weight is 772 g/mol. The molecular formula is C36H44CuN12O4. The van der Waals surface area contributed by atoms with Gasteiger partial charge in [0.05, 0.1) is 25.7 Å². The Morgan fingerprint density at radius 2 is 1.00 bits per heavy atom. The van der Waals surface area contributed by atoms with Gasteiger partial charge in [-0.3, -0.25) is 9.59 Å². The van der Waals surface area contributed by atoms with Crippen molar-refractivity contribution in [2.24, 2.45) is 11.5 Å². The first-order valence-corrected chi connectivity index (χ1v) is 17.1. The Bertz CT molecular complexity index is 1880.